The fourth-order valence-electron chi connectivity index (χ4n) is 3.02. The highest BCUT2D eigenvalue weighted by Crippen LogP contribution is 2.24. The number of amides is 1. The van der Waals surface area contributed by atoms with Crippen LogP contribution in [0.15, 0.2) is 60.9 Å². The zero-order valence-electron chi connectivity index (χ0n) is 15.0. The zero-order valence-corrected chi connectivity index (χ0v) is 15.0. The highest BCUT2D eigenvalue weighted by Gasteiger charge is 2.15. The Labute approximate surface area is 153 Å². The van der Waals surface area contributed by atoms with E-state index in [1.807, 2.05) is 60.9 Å². The van der Waals surface area contributed by atoms with E-state index < -0.39 is 6.10 Å². The van der Waals surface area contributed by atoms with Gasteiger partial charge in [-0.25, -0.2) is 4.98 Å². The lowest BCUT2D eigenvalue weighted by molar-refractivity contribution is -0.114. The molecular formula is C21H23N3O2. The SMILES string of the molecule is CC(=O)Nc1cccc(Cn2cnc(-c3ccccc3)c2CC(C)O)c1. The second-order valence-electron chi connectivity index (χ2n) is 6.47. The first-order chi connectivity index (χ1) is 12.5. The van der Waals surface area contributed by atoms with E-state index in [4.69, 9.17) is 0 Å². The van der Waals surface area contributed by atoms with Gasteiger partial charge < -0.3 is 15.0 Å². The molecule has 5 nitrogen and oxygen atoms in total. The van der Waals surface area contributed by atoms with Gasteiger partial charge in [-0.2, -0.15) is 0 Å². The largest absolute Gasteiger partial charge is 0.393 e. The summed E-state index contributed by atoms with van der Waals surface area (Å²) in [5, 5.41) is 12.7. The Balaban J connectivity index is 1.93. The summed E-state index contributed by atoms with van der Waals surface area (Å²) < 4.78 is 2.06. The maximum absolute atomic E-state index is 11.3. The molecule has 1 unspecified atom stereocenters. The van der Waals surface area contributed by atoms with Crippen molar-refractivity contribution in [3.63, 3.8) is 0 Å². The molecule has 3 rings (SSSR count). The topological polar surface area (TPSA) is 67.2 Å². The molecule has 1 heterocycles. The number of nitrogens with one attached hydrogen (secondary N) is 1. The number of hydrogen-bond acceptors (Lipinski definition) is 3. The van der Waals surface area contributed by atoms with Crippen LogP contribution in [0.2, 0.25) is 0 Å². The van der Waals surface area contributed by atoms with E-state index in [1.165, 1.54) is 6.92 Å². The van der Waals surface area contributed by atoms with Crippen LogP contribution in [0.25, 0.3) is 11.3 Å². The van der Waals surface area contributed by atoms with E-state index in [1.54, 1.807) is 6.92 Å². The molecule has 3 aromatic rings. The van der Waals surface area contributed by atoms with Gasteiger partial charge in [0.2, 0.25) is 5.91 Å². The summed E-state index contributed by atoms with van der Waals surface area (Å²) in [5.41, 5.74) is 4.75. The van der Waals surface area contributed by atoms with Gasteiger partial charge in [0.05, 0.1) is 18.1 Å². The van der Waals surface area contributed by atoms with Crippen molar-refractivity contribution < 1.29 is 9.90 Å². The van der Waals surface area contributed by atoms with E-state index in [2.05, 4.69) is 14.9 Å². The van der Waals surface area contributed by atoms with E-state index in [0.29, 0.717) is 13.0 Å². The number of aliphatic hydroxyl groups excluding tert-OH is 1. The average Bonchev–Trinajstić information content (AvgIpc) is 2.97. The molecule has 0 spiro atoms. The summed E-state index contributed by atoms with van der Waals surface area (Å²) >= 11 is 0. The van der Waals surface area contributed by atoms with Gasteiger partial charge in [-0.3, -0.25) is 4.79 Å². The van der Waals surface area contributed by atoms with Crippen molar-refractivity contribution in [2.45, 2.75) is 32.9 Å². The molecule has 0 aliphatic heterocycles. The fourth-order valence-corrected chi connectivity index (χ4v) is 3.02. The van der Waals surface area contributed by atoms with Crippen LogP contribution in [0.4, 0.5) is 5.69 Å². The third kappa shape index (κ3) is 4.37. The molecule has 0 radical (unpaired) electrons. The van der Waals surface area contributed by atoms with E-state index >= 15 is 0 Å². The molecule has 2 aromatic carbocycles. The Bertz CT molecular complexity index is 885. The molecule has 26 heavy (non-hydrogen) atoms. The van der Waals surface area contributed by atoms with Crippen LogP contribution in [0, 0.1) is 0 Å². The van der Waals surface area contributed by atoms with E-state index in [0.717, 1.165) is 28.2 Å². The molecule has 0 aliphatic rings. The summed E-state index contributed by atoms with van der Waals surface area (Å²) in [6, 6.07) is 17.7. The molecule has 0 saturated heterocycles. The molecule has 2 N–H and O–H groups in total. The molecule has 134 valence electrons. The van der Waals surface area contributed by atoms with Gasteiger partial charge in [0, 0.05) is 36.8 Å². The van der Waals surface area contributed by atoms with Gasteiger partial charge >= 0.3 is 0 Å². The quantitative estimate of drug-likeness (QED) is 0.716. The van der Waals surface area contributed by atoms with Crippen molar-refractivity contribution >= 4 is 11.6 Å². The number of aliphatic hydroxyl groups is 1. The van der Waals surface area contributed by atoms with Crippen molar-refractivity contribution in [2.24, 2.45) is 0 Å². The van der Waals surface area contributed by atoms with Crippen molar-refractivity contribution in [3.05, 3.63) is 72.2 Å². The van der Waals surface area contributed by atoms with Gasteiger partial charge in [-0.05, 0) is 24.6 Å². The summed E-state index contributed by atoms with van der Waals surface area (Å²) in [7, 11) is 0. The first-order valence-electron chi connectivity index (χ1n) is 8.67. The predicted molar refractivity (Wildman–Crippen MR) is 103 cm³/mol. The van der Waals surface area contributed by atoms with Gasteiger partial charge in [0.25, 0.3) is 0 Å². The molecule has 1 amide bonds. The van der Waals surface area contributed by atoms with Crippen molar-refractivity contribution in [1.82, 2.24) is 9.55 Å². The van der Waals surface area contributed by atoms with Crippen LogP contribution in [0.3, 0.4) is 0 Å². The summed E-state index contributed by atoms with van der Waals surface area (Å²) in [6.07, 6.45) is 1.87. The lowest BCUT2D eigenvalue weighted by Gasteiger charge is -2.13. The van der Waals surface area contributed by atoms with Crippen molar-refractivity contribution in [1.29, 1.82) is 0 Å². The maximum Gasteiger partial charge on any atom is 0.221 e. The van der Waals surface area contributed by atoms with Gasteiger partial charge in [0.15, 0.2) is 0 Å². The number of carbonyl (C=O) groups excluding carboxylic acids is 1. The lowest BCUT2D eigenvalue weighted by atomic mass is 10.1. The second kappa shape index (κ2) is 7.97. The van der Waals surface area contributed by atoms with Crippen LogP contribution < -0.4 is 5.32 Å². The van der Waals surface area contributed by atoms with E-state index in [9.17, 15) is 9.90 Å². The number of rotatable bonds is 6. The number of nitrogens with zero attached hydrogens (tertiary/aromatic N) is 2. The standard InChI is InChI=1S/C21H23N3O2/c1-15(25)11-20-21(18-8-4-3-5-9-18)22-14-24(20)13-17-7-6-10-19(12-17)23-16(2)26/h3-10,12,14-15,25H,11,13H2,1-2H3,(H,23,26). The van der Waals surface area contributed by atoms with Crippen LogP contribution in [0.1, 0.15) is 25.1 Å². The summed E-state index contributed by atoms with van der Waals surface area (Å²) in [4.78, 5) is 15.9. The summed E-state index contributed by atoms with van der Waals surface area (Å²) in [5.74, 6) is -0.0917. The van der Waals surface area contributed by atoms with Gasteiger partial charge in [-0.15, -0.1) is 0 Å². The van der Waals surface area contributed by atoms with Crippen molar-refractivity contribution in [2.75, 3.05) is 5.32 Å². The Hall–Kier alpha value is -2.92. The summed E-state index contributed by atoms with van der Waals surface area (Å²) in [6.45, 7) is 3.90. The Morgan fingerprint density at radius 2 is 1.96 bits per heavy atom. The number of carbonyl (C=O) groups is 1. The molecule has 0 aliphatic carbocycles. The zero-order chi connectivity index (χ0) is 18.5. The normalized spacial score (nSPS) is 12.0. The minimum Gasteiger partial charge on any atom is -0.393 e. The third-order valence-electron chi connectivity index (χ3n) is 4.08. The molecule has 5 heteroatoms. The molecular weight excluding hydrogens is 326 g/mol. The second-order valence-corrected chi connectivity index (χ2v) is 6.47. The maximum atomic E-state index is 11.3. The number of anilines is 1. The van der Waals surface area contributed by atoms with E-state index in [-0.39, 0.29) is 5.91 Å². The minimum atomic E-state index is -0.460. The third-order valence-corrected chi connectivity index (χ3v) is 4.08. The smallest absolute Gasteiger partial charge is 0.221 e. The van der Waals surface area contributed by atoms with Crippen molar-refractivity contribution in [3.8, 4) is 11.3 Å². The number of imidazole rings is 1. The Morgan fingerprint density at radius 3 is 2.65 bits per heavy atom. The Kier molecular flexibility index (Phi) is 5.49. The highest BCUT2D eigenvalue weighted by molar-refractivity contribution is 5.88. The molecule has 0 bridgehead atoms. The average molecular weight is 349 g/mol. The van der Waals surface area contributed by atoms with Crippen LogP contribution in [-0.2, 0) is 17.8 Å². The lowest BCUT2D eigenvalue weighted by Crippen LogP contribution is -2.12. The minimum absolute atomic E-state index is 0.0917. The molecule has 1 atom stereocenters. The predicted octanol–water partition coefficient (Wildman–Crippen LogP) is 3.48. The number of hydrogen-bond donors (Lipinski definition) is 2. The molecule has 0 fully saturated rings. The monoisotopic (exact) mass is 349 g/mol. The molecule has 1 aromatic heterocycles. The first-order valence-corrected chi connectivity index (χ1v) is 8.67. The van der Waals surface area contributed by atoms with Crippen LogP contribution >= 0.6 is 0 Å². The van der Waals surface area contributed by atoms with Gasteiger partial charge in [0.1, 0.15) is 0 Å². The Morgan fingerprint density at radius 1 is 1.19 bits per heavy atom. The first kappa shape index (κ1) is 17.9. The highest BCUT2D eigenvalue weighted by atomic mass is 16.3. The number of benzene rings is 2. The van der Waals surface area contributed by atoms with Crippen LogP contribution in [0.5, 0.6) is 0 Å². The molecule has 0 saturated carbocycles. The van der Waals surface area contributed by atoms with Gasteiger partial charge in [-0.1, -0.05) is 42.5 Å². The number of aromatic nitrogens is 2. The van der Waals surface area contributed by atoms with Crippen LogP contribution in [-0.4, -0.2) is 26.7 Å². The fraction of sp³-hybridized carbons (Fsp3) is 0.238.